The fourth-order valence-corrected chi connectivity index (χ4v) is 1.79. The second-order valence-electron chi connectivity index (χ2n) is 2.16. The van der Waals surface area contributed by atoms with E-state index in [0.29, 0.717) is 10.0 Å². The summed E-state index contributed by atoms with van der Waals surface area (Å²) in [6, 6.07) is 5.34. The Kier molecular flexibility index (Phi) is 3.47. The molecule has 0 aliphatic carbocycles. The molecule has 0 atom stereocenters. The highest BCUT2D eigenvalue weighted by Crippen LogP contribution is 2.23. The lowest BCUT2D eigenvalue weighted by atomic mass is 10.1. The van der Waals surface area contributed by atoms with Crippen LogP contribution in [0.15, 0.2) is 16.6 Å². The average Bonchev–Trinajstić information content (AvgIpc) is 2.06. The van der Waals surface area contributed by atoms with Crippen molar-refractivity contribution in [2.24, 2.45) is 0 Å². The Bertz CT molecular complexity index is 346. The molecule has 0 N–H and O–H groups in total. The molecule has 0 saturated heterocycles. The maximum atomic E-state index is 13.2. The van der Waals surface area contributed by atoms with Crippen molar-refractivity contribution >= 4 is 38.5 Å². The molecule has 1 rings (SSSR count). The predicted molar refractivity (Wildman–Crippen MR) is 56.1 cm³/mol. The highest BCUT2D eigenvalue weighted by molar-refractivity contribution is 14.1. The topological polar surface area (TPSA) is 23.8 Å². The number of nitriles is 1. The lowest BCUT2D eigenvalue weighted by Crippen LogP contribution is -1.93. The summed E-state index contributed by atoms with van der Waals surface area (Å²) in [7, 11) is 0. The molecule has 0 spiro atoms. The minimum Gasteiger partial charge on any atom is -0.205 e. The largest absolute Gasteiger partial charge is 0.205 e. The van der Waals surface area contributed by atoms with Gasteiger partial charge in [0.25, 0.3) is 0 Å². The molecule has 1 aromatic carbocycles. The number of hydrogen-bond acceptors (Lipinski definition) is 1. The molecule has 12 heavy (non-hydrogen) atoms. The molecule has 1 nitrogen and oxygen atoms in total. The minimum absolute atomic E-state index is 0.115. The summed E-state index contributed by atoms with van der Waals surface area (Å²) in [5.41, 5.74) is 0.465. The van der Waals surface area contributed by atoms with Crippen LogP contribution in [0.1, 0.15) is 5.56 Å². The Morgan fingerprint density at radius 3 is 2.83 bits per heavy atom. The number of halogens is 3. The van der Waals surface area contributed by atoms with Crippen molar-refractivity contribution in [2.45, 2.75) is 6.42 Å². The zero-order valence-corrected chi connectivity index (χ0v) is 9.69. The van der Waals surface area contributed by atoms with Crippen molar-refractivity contribution in [1.82, 2.24) is 0 Å². The third-order valence-corrected chi connectivity index (χ3v) is 3.02. The molecule has 4 heteroatoms. The second-order valence-corrected chi connectivity index (χ2v) is 4.17. The summed E-state index contributed by atoms with van der Waals surface area (Å²) >= 11 is 5.08. The van der Waals surface area contributed by atoms with Gasteiger partial charge in [0.1, 0.15) is 5.82 Å². The molecule has 0 aromatic heterocycles. The maximum Gasteiger partial charge on any atom is 0.142 e. The van der Waals surface area contributed by atoms with Crippen LogP contribution in [-0.2, 0) is 6.42 Å². The zero-order chi connectivity index (χ0) is 9.14. The molecule has 0 unspecified atom stereocenters. The van der Waals surface area contributed by atoms with Crippen LogP contribution in [0.2, 0.25) is 0 Å². The van der Waals surface area contributed by atoms with Crippen molar-refractivity contribution in [3.8, 4) is 6.07 Å². The van der Waals surface area contributed by atoms with Crippen molar-refractivity contribution in [2.75, 3.05) is 0 Å². The molecule has 0 bridgehead atoms. The second kappa shape index (κ2) is 4.19. The van der Waals surface area contributed by atoms with Gasteiger partial charge >= 0.3 is 0 Å². The average molecular weight is 340 g/mol. The van der Waals surface area contributed by atoms with Gasteiger partial charge in [-0.25, -0.2) is 4.39 Å². The first-order chi connectivity index (χ1) is 5.66. The normalized spacial score (nSPS) is 9.50. The van der Waals surface area contributed by atoms with Gasteiger partial charge < -0.3 is 0 Å². The van der Waals surface area contributed by atoms with Crippen LogP contribution < -0.4 is 0 Å². The highest BCUT2D eigenvalue weighted by atomic mass is 127. The maximum absolute atomic E-state index is 13.2. The molecule has 0 heterocycles. The van der Waals surface area contributed by atoms with Crippen molar-refractivity contribution in [3.05, 3.63) is 31.6 Å². The Morgan fingerprint density at radius 1 is 1.58 bits per heavy atom. The number of benzene rings is 1. The van der Waals surface area contributed by atoms with Crippen molar-refractivity contribution in [1.29, 1.82) is 5.26 Å². The van der Waals surface area contributed by atoms with Crippen LogP contribution in [0.25, 0.3) is 0 Å². The summed E-state index contributed by atoms with van der Waals surface area (Å²) in [6.45, 7) is 0. The fraction of sp³-hybridized carbons (Fsp3) is 0.125. The Labute approximate surface area is 91.8 Å². The van der Waals surface area contributed by atoms with Gasteiger partial charge in [0.2, 0.25) is 0 Å². The lowest BCUT2D eigenvalue weighted by Gasteiger charge is -2.02. The molecule has 0 radical (unpaired) electrons. The van der Waals surface area contributed by atoms with Crippen LogP contribution in [-0.4, -0.2) is 0 Å². The van der Waals surface area contributed by atoms with E-state index < -0.39 is 0 Å². The molecule has 0 saturated carbocycles. The molecule has 0 aliphatic rings. The summed E-state index contributed by atoms with van der Waals surface area (Å²) in [4.78, 5) is 0. The van der Waals surface area contributed by atoms with Crippen LogP contribution in [0.3, 0.4) is 0 Å². The standard InChI is InChI=1S/C8H4BrFIN/c9-6-1-2-7(11)5(3-4-12)8(6)10/h1-2H,3H2. The van der Waals surface area contributed by atoms with E-state index in [4.69, 9.17) is 5.26 Å². The van der Waals surface area contributed by atoms with Gasteiger partial charge in [-0.1, -0.05) is 0 Å². The quantitative estimate of drug-likeness (QED) is 0.569. The van der Waals surface area contributed by atoms with Gasteiger partial charge in [0.05, 0.1) is 17.0 Å². The first-order valence-corrected chi connectivity index (χ1v) is 5.03. The van der Waals surface area contributed by atoms with E-state index >= 15 is 0 Å². The third-order valence-electron chi connectivity index (χ3n) is 1.39. The number of hydrogen-bond donors (Lipinski definition) is 0. The molecule has 1 aromatic rings. The minimum atomic E-state index is -0.330. The molecular formula is C8H4BrFIN. The van der Waals surface area contributed by atoms with E-state index in [2.05, 4.69) is 15.9 Å². The SMILES string of the molecule is N#CCc1c(I)ccc(Br)c1F. The van der Waals surface area contributed by atoms with Crippen LogP contribution in [0.5, 0.6) is 0 Å². The first-order valence-electron chi connectivity index (χ1n) is 3.16. The van der Waals surface area contributed by atoms with Crippen molar-refractivity contribution < 1.29 is 4.39 Å². The summed E-state index contributed by atoms with van der Waals surface area (Å²) in [5.74, 6) is -0.330. The van der Waals surface area contributed by atoms with Crippen LogP contribution in [0.4, 0.5) is 4.39 Å². The number of rotatable bonds is 1. The van der Waals surface area contributed by atoms with Gasteiger partial charge in [-0.05, 0) is 50.7 Å². The van der Waals surface area contributed by atoms with Gasteiger partial charge in [-0.2, -0.15) is 5.26 Å². The van der Waals surface area contributed by atoms with Crippen LogP contribution in [0, 0.1) is 20.7 Å². The van der Waals surface area contributed by atoms with E-state index in [1.54, 1.807) is 12.1 Å². The monoisotopic (exact) mass is 339 g/mol. The summed E-state index contributed by atoms with van der Waals surface area (Å²) < 4.78 is 14.4. The highest BCUT2D eigenvalue weighted by Gasteiger charge is 2.09. The predicted octanol–water partition coefficient (Wildman–Crippen LogP) is 3.26. The molecule has 62 valence electrons. The first kappa shape index (κ1) is 9.93. The van der Waals surface area contributed by atoms with E-state index in [0.717, 1.165) is 3.57 Å². The third kappa shape index (κ3) is 1.96. The molecule has 0 fully saturated rings. The molecule has 0 aliphatic heterocycles. The zero-order valence-electron chi connectivity index (χ0n) is 5.94. The molecule has 0 amide bonds. The Hall–Kier alpha value is -0.150. The Balaban J connectivity index is 3.25. The molecular weight excluding hydrogens is 336 g/mol. The van der Waals surface area contributed by atoms with E-state index in [-0.39, 0.29) is 12.2 Å². The summed E-state index contributed by atoms with van der Waals surface area (Å²) in [5, 5.41) is 8.42. The smallest absolute Gasteiger partial charge is 0.142 e. The van der Waals surface area contributed by atoms with E-state index in [1.807, 2.05) is 28.7 Å². The van der Waals surface area contributed by atoms with Gasteiger partial charge in [-0.15, -0.1) is 0 Å². The summed E-state index contributed by atoms with van der Waals surface area (Å²) in [6.07, 6.45) is 0.115. The fourth-order valence-electron chi connectivity index (χ4n) is 0.810. The Morgan fingerprint density at radius 2 is 2.25 bits per heavy atom. The van der Waals surface area contributed by atoms with Crippen molar-refractivity contribution in [3.63, 3.8) is 0 Å². The van der Waals surface area contributed by atoms with Crippen LogP contribution >= 0.6 is 38.5 Å². The van der Waals surface area contributed by atoms with Gasteiger partial charge in [0, 0.05) is 9.13 Å². The van der Waals surface area contributed by atoms with Gasteiger partial charge in [-0.3, -0.25) is 0 Å². The van der Waals surface area contributed by atoms with E-state index in [1.165, 1.54) is 0 Å². The van der Waals surface area contributed by atoms with Gasteiger partial charge in [0.15, 0.2) is 0 Å². The van der Waals surface area contributed by atoms with E-state index in [9.17, 15) is 4.39 Å². The lowest BCUT2D eigenvalue weighted by molar-refractivity contribution is 0.607. The number of nitrogens with zero attached hydrogens (tertiary/aromatic N) is 1.